The Bertz CT molecular complexity index is 914. The first-order valence-corrected chi connectivity index (χ1v) is 14.9. The van der Waals surface area contributed by atoms with Crippen LogP contribution in [-0.4, -0.2) is 66.9 Å². The number of benzene rings is 1. The number of amides is 3. The molecule has 1 aromatic carbocycles. The number of rotatable bonds is 18. The van der Waals surface area contributed by atoms with Gasteiger partial charge in [-0.1, -0.05) is 51.7 Å². The van der Waals surface area contributed by atoms with E-state index >= 15 is 0 Å². The van der Waals surface area contributed by atoms with Crippen molar-refractivity contribution < 1.29 is 29.0 Å². The van der Waals surface area contributed by atoms with E-state index in [1.165, 1.54) is 25.7 Å². The summed E-state index contributed by atoms with van der Waals surface area (Å²) in [5, 5.41) is 18.9. The molecule has 0 bridgehead atoms. The Morgan fingerprint density at radius 1 is 1.02 bits per heavy atom. The van der Waals surface area contributed by atoms with Gasteiger partial charge in [-0.25, -0.2) is 0 Å². The summed E-state index contributed by atoms with van der Waals surface area (Å²) < 4.78 is 11.0. The number of carbonyl (C=O) groups is 3. The van der Waals surface area contributed by atoms with E-state index in [1.807, 2.05) is 24.3 Å². The maximum absolute atomic E-state index is 13.6. The van der Waals surface area contributed by atoms with Gasteiger partial charge in [0, 0.05) is 25.7 Å². The summed E-state index contributed by atoms with van der Waals surface area (Å²) in [6, 6.07) is 5.64. The zero-order valence-corrected chi connectivity index (χ0v) is 25.1. The minimum absolute atomic E-state index is 0.0453. The van der Waals surface area contributed by atoms with Gasteiger partial charge in [0.15, 0.2) is 0 Å². The lowest BCUT2D eigenvalue weighted by Crippen LogP contribution is -2.55. The molecule has 9 nitrogen and oxygen atoms in total. The average Bonchev–Trinajstić information content (AvgIpc) is 3.43. The van der Waals surface area contributed by atoms with Gasteiger partial charge in [0.2, 0.25) is 17.7 Å². The lowest BCUT2D eigenvalue weighted by Gasteiger charge is -2.27. The number of aliphatic hydroxyl groups is 1. The maximum Gasteiger partial charge on any atom is 0.243 e. The van der Waals surface area contributed by atoms with E-state index < -0.39 is 29.5 Å². The summed E-state index contributed by atoms with van der Waals surface area (Å²) in [6.07, 6.45) is 7.96. The van der Waals surface area contributed by atoms with Gasteiger partial charge in [-0.2, -0.15) is 0 Å². The molecule has 2 rings (SSSR count). The third-order valence-corrected chi connectivity index (χ3v) is 7.70. The van der Waals surface area contributed by atoms with E-state index in [9.17, 15) is 19.5 Å². The Morgan fingerprint density at radius 3 is 2.30 bits per heavy atom. The third kappa shape index (κ3) is 12.3. The van der Waals surface area contributed by atoms with Crippen molar-refractivity contribution in [2.45, 2.75) is 116 Å². The molecule has 1 aliphatic rings. The van der Waals surface area contributed by atoms with Crippen molar-refractivity contribution in [2.75, 3.05) is 20.3 Å². The Labute approximate surface area is 240 Å². The normalized spacial score (nSPS) is 17.4. The van der Waals surface area contributed by atoms with Crippen molar-refractivity contribution in [3.8, 4) is 5.75 Å². The van der Waals surface area contributed by atoms with Crippen molar-refractivity contribution in [1.82, 2.24) is 16.0 Å². The molecule has 0 aromatic heterocycles. The minimum Gasteiger partial charge on any atom is -0.497 e. The highest BCUT2D eigenvalue weighted by Gasteiger charge is 2.29. The summed E-state index contributed by atoms with van der Waals surface area (Å²) in [5.74, 6) is 0.152. The summed E-state index contributed by atoms with van der Waals surface area (Å²) in [5.41, 5.74) is -0.276. The Hall–Kier alpha value is -2.65. The van der Waals surface area contributed by atoms with Gasteiger partial charge in [-0.15, -0.1) is 0 Å². The number of methoxy groups -OCH3 is 1. The molecule has 0 aliphatic heterocycles. The second-order valence-electron chi connectivity index (χ2n) is 11.4. The van der Waals surface area contributed by atoms with Gasteiger partial charge >= 0.3 is 0 Å². The first kappa shape index (κ1) is 33.6. The van der Waals surface area contributed by atoms with Crippen molar-refractivity contribution in [3.63, 3.8) is 0 Å². The minimum atomic E-state index is -1.15. The molecule has 40 heavy (non-hydrogen) atoms. The molecule has 1 saturated carbocycles. The summed E-state index contributed by atoms with van der Waals surface area (Å²) in [7, 11) is 1.59. The molecule has 0 heterocycles. The van der Waals surface area contributed by atoms with Gasteiger partial charge in [0.1, 0.15) is 17.8 Å². The molecule has 9 heteroatoms. The molecule has 4 atom stereocenters. The van der Waals surface area contributed by atoms with Gasteiger partial charge < -0.3 is 30.5 Å². The standard InChI is InChI=1S/C31H51N3O6/c1-6-17-40-18-16-25(19-23-10-8-9-11-23)33-30(37)27(20-24-12-14-26(39-5)15-13-24)34-29(36)22(3)32-28(35)21-31(4,38)7-2/h12-15,22-23,25,27,38H,6-11,16-21H2,1-5H3,(H,32,35)(H,33,37)(H,34,36). The van der Waals surface area contributed by atoms with Crippen LogP contribution in [0.2, 0.25) is 0 Å². The van der Waals surface area contributed by atoms with E-state index in [0.29, 0.717) is 31.3 Å². The number of hydrogen-bond acceptors (Lipinski definition) is 6. The fraction of sp³-hybridized carbons (Fsp3) is 0.710. The molecule has 4 unspecified atom stereocenters. The van der Waals surface area contributed by atoms with E-state index in [-0.39, 0.29) is 24.8 Å². The number of ether oxygens (including phenoxy) is 2. The zero-order chi connectivity index (χ0) is 29.5. The van der Waals surface area contributed by atoms with Crippen molar-refractivity contribution in [2.24, 2.45) is 5.92 Å². The third-order valence-electron chi connectivity index (χ3n) is 7.70. The van der Waals surface area contributed by atoms with E-state index in [1.54, 1.807) is 27.9 Å². The highest BCUT2D eigenvalue weighted by atomic mass is 16.5. The first-order chi connectivity index (χ1) is 19.1. The lowest BCUT2D eigenvalue weighted by molar-refractivity contribution is -0.133. The van der Waals surface area contributed by atoms with Gasteiger partial charge in [0.25, 0.3) is 0 Å². The van der Waals surface area contributed by atoms with Crippen LogP contribution in [0.4, 0.5) is 0 Å². The van der Waals surface area contributed by atoms with Crippen LogP contribution in [0.25, 0.3) is 0 Å². The lowest BCUT2D eigenvalue weighted by atomic mass is 9.96. The van der Waals surface area contributed by atoms with E-state index in [4.69, 9.17) is 9.47 Å². The van der Waals surface area contributed by atoms with Crippen LogP contribution < -0.4 is 20.7 Å². The molecular weight excluding hydrogens is 510 g/mol. The molecule has 0 saturated heterocycles. The van der Waals surface area contributed by atoms with Crippen LogP contribution in [0, 0.1) is 5.92 Å². The highest BCUT2D eigenvalue weighted by molar-refractivity contribution is 5.92. The number of hydrogen-bond donors (Lipinski definition) is 4. The molecule has 1 aliphatic carbocycles. The molecule has 1 fully saturated rings. The first-order valence-electron chi connectivity index (χ1n) is 14.9. The summed E-state index contributed by atoms with van der Waals surface area (Å²) in [6.45, 7) is 8.29. The van der Waals surface area contributed by atoms with Crippen molar-refractivity contribution >= 4 is 17.7 Å². The molecule has 226 valence electrons. The average molecular weight is 562 g/mol. The monoisotopic (exact) mass is 561 g/mol. The SMILES string of the molecule is CCCOCCC(CC1CCCC1)NC(=O)C(Cc1ccc(OC)cc1)NC(=O)C(C)NC(=O)CC(C)(O)CC. The molecule has 0 radical (unpaired) electrons. The number of nitrogens with one attached hydrogen (secondary N) is 3. The van der Waals surface area contributed by atoms with Gasteiger partial charge in [0.05, 0.1) is 19.1 Å². The summed E-state index contributed by atoms with van der Waals surface area (Å²) >= 11 is 0. The van der Waals surface area contributed by atoms with Crippen LogP contribution in [0.5, 0.6) is 5.75 Å². The quantitative estimate of drug-likeness (QED) is 0.203. The molecule has 3 amide bonds. The van der Waals surface area contributed by atoms with Gasteiger partial charge in [-0.05, 0) is 63.1 Å². The van der Waals surface area contributed by atoms with Gasteiger partial charge in [-0.3, -0.25) is 14.4 Å². The van der Waals surface area contributed by atoms with E-state index in [0.717, 1.165) is 24.8 Å². The van der Waals surface area contributed by atoms with Crippen LogP contribution in [0.3, 0.4) is 0 Å². The predicted molar refractivity (Wildman–Crippen MR) is 156 cm³/mol. The maximum atomic E-state index is 13.6. The fourth-order valence-electron chi connectivity index (χ4n) is 5.00. The summed E-state index contributed by atoms with van der Waals surface area (Å²) in [4.78, 5) is 39.2. The largest absolute Gasteiger partial charge is 0.497 e. The second-order valence-corrected chi connectivity index (χ2v) is 11.4. The molecule has 0 spiro atoms. The Balaban J connectivity index is 2.13. The molecule has 4 N–H and O–H groups in total. The van der Waals surface area contributed by atoms with Crippen LogP contribution >= 0.6 is 0 Å². The molecule has 1 aromatic rings. The smallest absolute Gasteiger partial charge is 0.243 e. The Kier molecular flexibility index (Phi) is 14.5. The van der Waals surface area contributed by atoms with Crippen LogP contribution in [0.15, 0.2) is 24.3 Å². The highest BCUT2D eigenvalue weighted by Crippen LogP contribution is 2.29. The van der Waals surface area contributed by atoms with E-state index in [2.05, 4.69) is 22.9 Å². The predicted octanol–water partition coefficient (Wildman–Crippen LogP) is 3.66. The van der Waals surface area contributed by atoms with Crippen molar-refractivity contribution in [1.29, 1.82) is 0 Å². The topological polar surface area (TPSA) is 126 Å². The molecular formula is C31H51N3O6. The van der Waals surface area contributed by atoms with Crippen molar-refractivity contribution in [3.05, 3.63) is 29.8 Å². The second kappa shape index (κ2) is 17.2. The van der Waals surface area contributed by atoms with Crippen LogP contribution in [0.1, 0.15) is 91.0 Å². The Morgan fingerprint density at radius 2 is 1.70 bits per heavy atom. The van der Waals surface area contributed by atoms with Crippen LogP contribution in [-0.2, 0) is 25.5 Å². The zero-order valence-electron chi connectivity index (χ0n) is 25.1. The number of carbonyl (C=O) groups excluding carboxylic acids is 3. The fourth-order valence-corrected chi connectivity index (χ4v) is 5.00.